The maximum Gasteiger partial charge on any atom is 0.0544 e. The number of benzene rings is 9. The van der Waals surface area contributed by atoms with Gasteiger partial charge < -0.3 is 9.13 Å². The fourth-order valence-electron chi connectivity index (χ4n) is 9.85. The molecule has 268 valence electrons. The summed E-state index contributed by atoms with van der Waals surface area (Å²) in [6.07, 6.45) is 0. The largest absolute Gasteiger partial charge is 0.309 e. The first-order valence-corrected chi connectivity index (χ1v) is 19.9. The molecule has 0 unspecified atom stereocenters. The zero-order valence-corrected chi connectivity index (χ0v) is 31.9. The zero-order chi connectivity index (χ0) is 37.8. The van der Waals surface area contributed by atoms with Crippen LogP contribution in [0.4, 0.5) is 0 Å². The first-order valence-electron chi connectivity index (χ1n) is 19.9. The lowest BCUT2D eigenvalue weighted by Crippen LogP contribution is -2.14. The molecule has 0 saturated heterocycles. The lowest BCUT2D eigenvalue weighted by molar-refractivity contribution is 0.661. The van der Waals surface area contributed by atoms with E-state index < -0.39 is 0 Å². The second-order valence-corrected chi connectivity index (χ2v) is 16.2. The molecule has 0 saturated carbocycles. The lowest BCUT2D eigenvalue weighted by Gasteiger charge is -2.21. The summed E-state index contributed by atoms with van der Waals surface area (Å²) in [6.45, 7) is 4.75. The van der Waals surface area contributed by atoms with Gasteiger partial charge >= 0.3 is 0 Å². The molecule has 0 N–H and O–H groups in total. The minimum Gasteiger partial charge on any atom is -0.309 e. The van der Waals surface area contributed by atoms with Gasteiger partial charge in [0.05, 0.1) is 22.1 Å². The Bertz CT molecular complexity index is 3410. The van der Waals surface area contributed by atoms with Crippen molar-refractivity contribution in [1.82, 2.24) is 9.13 Å². The highest BCUT2D eigenvalue weighted by molar-refractivity contribution is 6.14. The molecule has 0 aliphatic heterocycles. The van der Waals surface area contributed by atoms with Crippen molar-refractivity contribution in [3.63, 3.8) is 0 Å². The SMILES string of the molecule is CC1(C)c2ccccc2-c2cc3c4cc(-c5ccc6c(c5)c5ccccc5n6-c5ccc(-c6ccccc6)cc5)ccc4n(-c4ccc5ccccc5c4)c3cc21. The minimum absolute atomic E-state index is 0.0888. The second kappa shape index (κ2) is 11.9. The predicted molar refractivity (Wildman–Crippen MR) is 241 cm³/mol. The first-order chi connectivity index (χ1) is 28.0. The first kappa shape index (κ1) is 32.1. The third-order valence-electron chi connectivity index (χ3n) is 12.7. The molecule has 2 heterocycles. The van der Waals surface area contributed by atoms with E-state index in [-0.39, 0.29) is 5.41 Å². The molecular weight excluding hydrogens is 689 g/mol. The lowest BCUT2D eigenvalue weighted by atomic mass is 9.82. The molecule has 57 heavy (non-hydrogen) atoms. The van der Waals surface area contributed by atoms with E-state index >= 15 is 0 Å². The zero-order valence-electron chi connectivity index (χ0n) is 31.9. The van der Waals surface area contributed by atoms with Crippen LogP contribution in [0, 0.1) is 0 Å². The van der Waals surface area contributed by atoms with Crippen molar-refractivity contribution < 1.29 is 0 Å². The Labute approximate surface area is 331 Å². The Balaban J connectivity index is 1.06. The summed E-state index contributed by atoms with van der Waals surface area (Å²) in [4.78, 5) is 0. The van der Waals surface area contributed by atoms with Gasteiger partial charge in [-0.1, -0.05) is 141 Å². The summed E-state index contributed by atoms with van der Waals surface area (Å²) in [5, 5.41) is 7.56. The van der Waals surface area contributed by atoms with Gasteiger partial charge in [-0.25, -0.2) is 0 Å². The van der Waals surface area contributed by atoms with Gasteiger partial charge in [0, 0.05) is 38.3 Å². The molecule has 11 aromatic rings. The molecular formula is C55H38N2. The molecule has 1 aliphatic carbocycles. The van der Waals surface area contributed by atoms with Gasteiger partial charge in [-0.15, -0.1) is 0 Å². The van der Waals surface area contributed by atoms with Crippen LogP contribution in [0.2, 0.25) is 0 Å². The van der Waals surface area contributed by atoms with Crippen molar-refractivity contribution in [1.29, 1.82) is 0 Å². The highest BCUT2D eigenvalue weighted by Crippen LogP contribution is 2.51. The van der Waals surface area contributed by atoms with E-state index in [4.69, 9.17) is 0 Å². The quantitative estimate of drug-likeness (QED) is 0.171. The fraction of sp³-hybridized carbons (Fsp3) is 0.0545. The fourth-order valence-corrected chi connectivity index (χ4v) is 9.85. The minimum atomic E-state index is -0.0888. The molecule has 0 atom stereocenters. The number of nitrogens with zero attached hydrogens (tertiary/aromatic N) is 2. The monoisotopic (exact) mass is 726 g/mol. The van der Waals surface area contributed by atoms with Gasteiger partial charge in [-0.2, -0.15) is 0 Å². The Hall–Kier alpha value is -7.16. The van der Waals surface area contributed by atoms with Crippen LogP contribution in [0.1, 0.15) is 25.0 Å². The van der Waals surface area contributed by atoms with Crippen molar-refractivity contribution in [2.75, 3.05) is 0 Å². The average Bonchev–Trinajstić information content (AvgIpc) is 3.85. The molecule has 9 aromatic carbocycles. The summed E-state index contributed by atoms with van der Waals surface area (Å²) < 4.78 is 4.89. The number of fused-ring (bicyclic) bond motifs is 10. The van der Waals surface area contributed by atoms with Crippen molar-refractivity contribution in [2.45, 2.75) is 19.3 Å². The van der Waals surface area contributed by atoms with Crippen molar-refractivity contribution in [2.24, 2.45) is 0 Å². The predicted octanol–water partition coefficient (Wildman–Crippen LogP) is 14.7. The van der Waals surface area contributed by atoms with Crippen LogP contribution in [-0.2, 0) is 5.41 Å². The van der Waals surface area contributed by atoms with E-state index in [0.717, 1.165) is 5.69 Å². The van der Waals surface area contributed by atoms with E-state index in [1.807, 2.05) is 0 Å². The maximum absolute atomic E-state index is 2.49. The van der Waals surface area contributed by atoms with Gasteiger partial charge in [0.1, 0.15) is 0 Å². The molecule has 12 rings (SSSR count). The molecule has 2 nitrogen and oxygen atoms in total. The highest BCUT2D eigenvalue weighted by atomic mass is 15.0. The number of aromatic nitrogens is 2. The van der Waals surface area contributed by atoms with E-state index in [2.05, 4.69) is 217 Å². The molecule has 0 fully saturated rings. The van der Waals surface area contributed by atoms with E-state index in [0.29, 0.717) is 0 Å². The highest BCUT2D eigenvalue weighted by Gasteiger charge is 2.36. The van der Waals surface area contributed by atoms with Crippen LogP contribution < -0.4 is 0 Å². The van der Waals surface area contributed by atoms with Gasteiger partial charge in [-0.05, 0) is 122 Å². The van der Waals surface area contributed by atoms with Gasteiger partial charge in [0.2, 0.25) is 0 Å². The smallest absolute Gasteiger partial charge is 0.0544 e. The van der Waals surface area contributed by atoms with Crippen LogP contribution in [0.15, 0.2) is 194 Å². The summed E-state index contributed by atoms with van der Waals surface area (Å²) in [6, 6.07) is 71.9. The Morgan fingerprint density at radius 3 is 1.67 bits per heavy atom. The van der Waals surface area contributed by atoms with E-state index in [9.17, 15) is 0 Å². The molecule has 1 aliphatic rings. The summed E-state index contributed by atoms with van der Waals surface area (Å²) >= 11 is 0. The van der Waals surface area contributed by atoms with Crippen molar-refractivity contribution >= 4 is 54.4 Å². The number of hydrogen-bond donors (Lipinski definition) is 0. The standard InChI is InChI=1S/C55H38N2/c1-55(2)49-18-10-8-16-43(49)45-33-48-47-32-40(24-29-53(47)57(54(48)34-50(45)55)42-27-22-36-14-6-7-15-38(36)30-42)39-23-28-52-46(31-39)44-17-9-11-19-51(44)56(52)41-25-20-37(21-26-41)35-12-4-3-5-13-35/h3-34H,1-2H3. The number of para-hydroxylation sites is 1. The summed E-state index contributed by atoms with van der Waals surface area (Å²) in [7, 11) is 0. The number of rotatable bonds is 4. The maximum atomic E-state index is 2.49. The van der Waals surface area contributed by atoms with Crippen LogP contribution in [0.5, 0.6) is 0 Å². The van der Waals surface area contributed by atoms with E-state index in [1.165, 1.54) is 105 Å². The molecule has 2 aromatic heterocycles. The topological polar surface area (TPSA) is 9.86 Å². The van der Waals surface area contributed by atoms with Crippen molar-refractivity contribution in [3.8, 4) is 44.8 Å². The molecule has 0 radical (unpaired) electrons. The molecule has 0 amide bonds. The molecule has 2 heteroatoms. The van der Waals surface area contributed by atoms with Gasteiger partial charge in [-0.3, -0.25) is 0 Å². The summed E-state index contributed by atoms with van der Waals surface area (Å²) in [5.41, 5.74) is 17.5. The molecule has 0 bridgehead atoms. The average molecular weight is 727 g/mol. The molecule has 0 spiro atoms. The van der Waals surface area contributed by atoms with Crippen LogP contribution in [0.25, 0.3) is 99.1 Å². The van der Waals surface area contributed by atoms with Crippen LogP contribution in [0.3, 0.4) is 0 Å². The number of hydrogen-bond acceptors (Lipinski definition) is 0. The van der Waals surface area contributed by atoms with Crippen LogP contribution >= 0.6 is 0 Å². The third-order valence-corrected chi connectivity index (χ3v) is 12.7. The van der Waals surface area contributed by atoms with Gasteiger partial charge in [0.15, 0.2) is 0 Å². The van der Waals surface area contributed by atoms with Crippen molar-refractivity contribution in [3.05, 3.63) is 205 Å². The van der Waals surface area contributed by atoms with Crippen LogP contribution in [-0.4, -0.2) is 9.13 Å². The van der Waals surface area contributed by atoms with Gasteiger partial charge in [0.25, 0.3) is 0 Å². The van der Waals surface area contributed by atoms with E-state index in [1.54, 1.807) is 0 Å². The Kier molecular flexibility index (Phi) is 6.72. The third kappa shape index (κ3) is 4.71. The second-order valence-electron chi connectivity index (χ2n) is 16.2. The normalized spacial score (nSPS) is 13.2. The summed E-state index contributed by atoms with van der Waals surface area (Å²) in [5.74, 6) is 0. The Morgan fingerprint density at radius 2 is 0.877 bits per heavy atom. The Morgan fingerprint density at radius 1 is 0.316 bits per heavy atom.